The Hall–Kier alpha value is -2.48. The van der Waals surface area contributed by atoms with Gasteiger partial charge in [0.1, 0.15) is 11.8 Å². The summed E-state index contributed by atoms with van der Waals surface area (Å²) in [6.45, 7) is 4.39. The number of hydrazine groups is 1. The fraction of sp³-hybridized carbons (Fsp3) is 0.455. The van der Waals surface area contributed by atoms with Gasteiger partial charge in [-0.05, 0) is 36.2 Å². The molecule has 0 bridgehead atoms. The number of amides is 1. The van der Waals surface area contributed by atoms with Crippen LogP contribution in [0.5, 0.6) is 5.75 Å². The van der Waals surface area contributed by atoms with E-state index in [0.717, 1.165) is 62.6 Å². The molecule has 7 nitrogen and oxygen atoms in total. The number of rotatable bonds is 6. The van der Waals surface area contributed by atoms with Crippen LogP contribution in [0.25, 0.3) is 0 Å². The summed E-state index contributed by atoms with van der Waals surface area (Å²) in [5, 5.41) is 0. The first-order valence-electron chi connectivity index (χ1n) is 10.3. The van der Waals surface area contributed by atoms with E-state index in [4.69, 9.17) is 4.74 Å². The van der Waals surface area contributed by atoms with Gasteiger partial charge in [0.05, 0.1) is 7.11 Å². The van der Waals surface area contributed by atoms with Crippen LogP contribution >= 0.6 is 0 Å². The molecule has 2 aromatic rings. The average molecular weight is 396 g/mol. The van der Waals surface area contributed by atoms with Gasteiger partial charge < -0.3 is 9.64 Å². The Balaban J connectivity index is 1.23. The van der Waals surface area contributed by atoms with Crippen LogP contribution in [-0.2, 0) is 11.2 Å². The number of benzene rings is 1. The van der Waals surface area contributed by atoms with E-state index in [2.05, 4.69) is 26.8 Å². The third kappa shape index (κ3) is 4.93. The van der Waals surface area contributed by atoms with Gasteiger partial charge in [0, 0.05) is 57.1 Å². The maximum atomic E-state index is 12.9. The topological polar surface area (TPSA) is 69.7 Å². The van der Waals surface area contributed by atoms with Gasteiger partial charge >= 0.3 is 0 Å². The summed E-state index contributed by atoms with van der Waals surface area (Å²) in [5.41, 5.74) is 8.75. The molecule has 2 fully saturated rings. The van der Waals surface area contributed by atoms with Gasteiger partial charge in [0.25, 0.3) is 0 Å². The Morgan fingerprint density at radius 1 is 1.10 bits per heavy atom. The van der Waals surface area contributed by atoms with Gasteiger partial charge in [-0.25, -0.2) is 10.9 Å². The van der Waals surface area contributed by atoms with Crippen molar-refractivity contribution in [2.75, 3.05) is 39.8 Å². The minimum atomic E-state index is -0.179. The lowest BCUT2D eigenvalue weighted by molar-refractivity contribution is -0.134. The second-order valence-electron chi connectivity index (χ2n) is 7.64. The molecule has 0 radical (unpaired) electrons. The number of carbonyl (C=O) groups excluding carboxylic acids is 1. The highest BCUT2D eigenvalue weighted by atomic mass is 16.5. The van der Waals surface area contributed by atoms with Crippen LogP contribution in [0.1, 0.15) is 23.7 Å². The molecule has 2 saturated heterocycles. The quantitative estimate of drug-likeness (QED) is 0.770. The van der Waals surface area contributed by atoms with E-state index in [-0.39, 0.29) is 18.0 Å². The van der Waals surface area contributed by atoms with Crippen molar-refractivity contribution in [2.24, 2.45) is 0 Å². The Kier molecular flexibility index (Phi) is 6.39. The van der Waals surface area contributed by atoms with Crippen molar-refractivity contribution < 1.29 is 9.53 Å². The molecule has 2 N–H and O–H groups in total. The zero-order chi connectivity index (χ0) is 20.1. The van der Waals surface area contributed by atoms with Gasteiger partial charge in [0.15, 0.2) is 0 Å². The van der Waals surface area contributed by atoms with Crippen LogP contribution in [0, 0.1) is 0 Å². The number of nitrogens with one attached hydrogen (secondary N) is 2. The molecule has 1 amide bonds. The Labute approximate surface area is 172 Å². The fourth-order valence-electron chi connectivity index (χ4n) is 4.00. The van der Waals surface area contributed by atoms with E-state index in [9.17, 15) is 4.79 Å². The molecule has 1 aromatic carbocycles. The van der Waals surface area contributed by atoms with Gasteiger partial charge in [0.2, 0.25) is 5.91 Å². The largest absolute Gasteiger partial charge is 0.497 e. The molecule has 154 valence electrons. The van der Waals surface area contributed by atoms with Crippen molar-refractivity contribution in [1.29, 1.82) is 0 Å². The van der Waals surface area contributed by atoms with E-state index in [1.165, 1.54) is 0 Å². The van der Waals surface area contributed by atoms with E-state index < -0.39 is 0 Å². The third-order valence-electron chi connectivity index (χ3n) is 5.81. The second-order valence-corrected chi connectivity index (χ2v) is 7.64. The number of methoxy groups -OCH3 is 1. The number of ether oxygens (including phenoxy) is 1. The molecule has 29 heavy (non-hydrogen) atoms. The standard InChI is InChI=1S/C22H29N5O2/c1-29-19-7-5-17(6-8-19)20-16-21(25-24-20)22(28)27-14-12-26(13-15-27)11-9-18-4-2-3-10-23-18/h2-8,10,20-21,24-25H,9,11-16H2,1H3. The molecular weight excluding hydrogens is 366 g/mol. The summed E-state index contributed by atoms with van der Waals surface area (Å²) in [7, 11) is 1.66. The Morgan fingerprint density at radius 3 is 2.59 bits per heavy atom. The smallest absolute Gasteiger partial charge is 0.241 e. The lowest BCUT2D eigenvalue weighted by Gasteiger charge is -2.35. The number of aromatic nitrogens is 1. The number of hydrogen-bond donors (Lipinski definition) is 2. The molecule has 4 rings (SSSR count). The summed E-state index contributed by atoms with van der Waals surface area (Å²) in [6, 6.07) is 14.0. The van der Waals surface area contributed by atoms with Gasteiger partial charge in [-0.1, -0.05) is 18.2 Å². The molecule has 2 aliphatic heterocycles. The van der Waals surface area contributed by atoms with E-state index in [1.54, 1.807) is 7.11 Å². The highest BCUT2D eigenvalue weighted by molar-refractivity contribution is 5.82. The van der Waals surface area contributed by atoms with Crippen molar-refractivity contribution in [3.8, 4) is 5.75 Å². The number of nitrogens with zero attached hydrogens (tertiary/aromatic N) is 3. The van der Waals surface area contributed by atoms with E-state index in [0.29, 0.717) is 0 Å². The Morgan fingerprint density at radius 2 is 1.90 bits per heavy atom. The Bertz CT molecular complexity index is 791. The van der Waals surface area contributed by atoms with Crippen LogP contribution < -0.4 is 15.6 Å². The molecule has 0 saturated carbocycles. The average Bonchev–Trinajstić information content (AvgIpc) is 3.29. The molecule has 2 aliphatic rings. The molecule has 2 unspecified atom stereocenters. The van der Waals surface area contributed by atoms with Crippen LogP contribution in [0.2, 0.25) is 0 Å². The first kappa shape index (κ1) is 19.8. The summed E-state index contributed by atoms with van der Waals surface area (Å²) in [5.74, 6) is 1.03. The minimum Gasteiger partial charge on any atom is -0.497 e. The summed E-state index contributed by atoms with van der Waals surface area (Å²) >= 11 is 0. The molecular formula is C22H29N5O2. The van der Waals surface area contributed by atoms with Crippen LogP contribution in [0.15, 0.2) is 48.7 Å². The van der Waals surface area contributed by atoms with Crippen molar-refractivity contribution in [2.45, 2.75) is 24.9 Å². The summed E-state index contributed by atoms with van der Waals surface area (Å²) < 4.78 is 5.22. The SMILES string of the molecule is COc1ccc(C2CC(C(=O)N3CCN(CCc4ccccn4)CC3)NN2)cc1. The molecule has 2 atom stereocenters. The predicted octanol–water partition coefficient (Wildman–Crippen LogP) is 1.38. The number of piperazine rings is 1. The van der Waals surface area contributed by atoms with Crippen LogP contribution in [-0.4, -0.2) is 66.6 Å². The van der Waals surface area contributed by atoms with Crippen LogP contribution in [0.4, 0.5) is 0 Å². The maximum Gasteiger partial charge on any atom is 0.241 e. The monoisotopic (exact) mass is 395 g/mol. The van der Waals surface area contributed by atoms with Gasteiger partial charge in [-0.3, -0.25) is 14.7 Å². The molecule has 1 aromatic heterocycles. The molecule has 3 heterocycles. The van der Waals surface area contributed by atoms with Crippen molar-refractivity contribution in [1.82, 2.24) is 25.6 Å². The number of hydrogen-bond acceptors (Lipinski definition) is 6. The van der Waals surface area contributed by atoms with Crippen LogP contribution in [0.3, 0.4) is 0 Å². The highest BCUT2D eigenvalue weighted by Gasteiger charge is 2.34. The lowest BCUT2D eigenvalue weighted by atomic mass is 10.0. The van der Waals surface area contributed by atoms with E-state index in [1.807, 2.05) is 47.5 Å². The van der Waals surface area contributed by atoms with E-state index >= 15 is 0 Å². The predicted molar refractivity (Wildman–Crippen MR) is 111 cm³/mol. The molecule has 7 heteroatoms. The summed E-state index contributed by atoms with van der Waals surface area (Å²) in [4.78, 5) is 21.7. The summed E-state index contributed by atoms with van der Waals surface area (Å²) in [6.07, 6.45) is 3.55. The molecule has 0 spiro atoms. The lowest BCUT2D eigenvalue weighted by Crippen LogP contribution is -2.53. The molecule has 0 aliphatic carbocycles. The minimum absolute atomic E-state index is 0.134. The van der Waals surface area contributed by atoms with Crippen molar-refractivity contribution in [3.05, 3.63) is 59.9 Å². The normalized spacial score (nSPS) is 22.6. The highest BCUT2D eigenvalue weighted by Crippen LogP contribution is 2.25. The zero-order valence-electron chi connectivity index (χ0n) is 16.9. The number of carbonyl (C=O) groups is 1. The number of pyridine rings is 1. The zero-order valence-corrected chi connectivity index (χ0v) is 16.9. The first-order chi connectivity index (χ1) is 14.2. The first-order valence-corrected chi connectivity index (χ1v) is 10.3. The second kappa shape index (κ2) is 9.35. The third-order valence-corrected chi connectivity index (χ3v) is 5.81. The van der Waals surface area contributed by atoms with Crippen molar-refractivity contribution >= 4 is 5.91 Å². The fourth-order valence-corrected chi connectivity index (χ4v) is 4.00. The van der Waals surface area contributed by atoms with Crippen molar-refractivity contribution in [3.63, 3.8) is 0 Å². The maximum absolute atomic E-state index is 12.9. The van der Waals surface area contributed by atoms with Gasteiger partial charge in [-0.2, -0.15) is 0 Å². The van der Waals surface area contributed by atoms with Gasteiger partial charge in [-0.15, -0.1) is 0 Å².